The summed E-state index contributed by atoms with van der Waals surface area (Å²) in [6.07, 6.45) is 4.36. The van der Waals surface area contributed by atoms with Crippen LogP contribution in [0, 0.1) is 0 Å². The normalized spacial score (nSPS) is 16.9. The maximum Gasteiger partial charge on any atom is 0.277 e. The van der Waals surface area contributed by atoms with Gasteiger partial charge in [-0.15, -0.1) is 0 Å². The van der Waals surface area contributed by atoms with E-state index in [4.69, 9.17) is 11.6 Å². The van der Waals surface area contributed by atoms with Crippen molar-refractivity contribution in [2.24, 2.45) is 4.99 Å². The first-order chi connectivity index (χ1) is 8.56. The van der Waals surface area contributed by atoms with Crippen molar-refractivity contribution in [1.29, 1.82) is 0 Å². The van der Waals surface area contributed by atoms with Crippen LogP contribution in [-0.4, -0.2) is 17.4 Å². The summed E-state index contributed by atoms with van der Waals surface area (Å²) in [4.78, 5) is 26.9. The predicted octanol–water partition coefficient (Wildman–Crippen LogP) is 3.34. The van der Waals surface area contributed by atoms with Crippen LogP contribution in [0.3, 0.4) is 0 Å². The van der Waals surface area contributed by atoms with E-state index >= 15 is 0 Å². The molecule has 0 saturated carbocycles. The van der Waals surface area contributed by atoms with Crippen molar-refractivity contribution in [2.75, 3.05) is 0 Å². The van der Waals surface area contributed by atoms with Gasteiger partial charge in [0.2, 0.25) is 0 Å². The fraction of sp³-hybridized carbons (Fsp3) is 0. The van der Waals surface area contributed by atoms with Crippen molar-refractivity contribution in [1.82, 2.24) is 0 Å². The lowest BCUT2D eigenvalue weighted by atomic mass is 10.1. The van der Waals surface area contributed by atoms with Gasteiger partial charge >= 0.3 is 0 Å². The smallest absolute Gasteiger partial charge is 0.277 e. The maximum absolute atomic E-state index is 11.8. The van der Waals surface area contributed by atoms with E-state index in [1.165, 1.54) is 18.2 Å². The molecule has 0 bridgehead atoms. The predicted molar refractivity (Wildman–Crippen MR) is 74.4 cm³/mol. The van der Waals surface area contributed by atoms with Gasteiger partial charge in [0.1, 0.15) is 0 Å². The van der Waals surface area contributed by atoms with Crippen LogP contribution < -0.4 is 0 Å². The van der Waals surface area contributed by atoms with E-state index < -0.39 is 5.91 Å². The second kappa shape index (κ2) is 5.42. The Morgan fingerprint density at radius 1 is 1.28 bits per heavy atom. The molecule has 0 saturated heterocycles. The number of benzene rings is 1. The molecule has 90 valence electrons. The number of carbonyl (C=O) groups is 2. The summed E-state index contributed by atoms with van der Waals surface area (Å²) in [6.45, 7) is 0. The van der Waals surface area contributed by atoms with Crippen molar-refractivity contribution in [2.45, 2.75) is 0 Å². The molecule has 0 aliphatic heterocycles. The average molecular weight is 325 g/mol. The molecule has 18 heavy (non-hydrogen) atoms. The molecule has 5 heteroatoms. The molecule has 0 aromatic heterocycles. The second-order valence-electron chi connectivity index (χ2n) is 3.54. The Kier molecular flexibility index (Phi) is 3.89. The van der Waals surface area contributed by atoms with E-state index in [1.807, 2.05) is 0 Å². The van der Waals surface area contributed by atoms with Crippen molar-refractivity contribution < 1.29 is 9.59 Å². The molecule has 0 unspecified atom stereocenters. The lowest BCUT2D eigenvalue weighted by Gasteiger charge is -2.02. The van der Waals surface area contributed by atoms with Crippen LogP contribution >= 0.6 is 27.5 Å². The fourth-order valence-electron chi connectivity index (χ4n) is 1.36. The molecule has 0 spiro atoms. The van der Waals surface area contributed by atoms with Gasteiger partial charge in [-0.2, -0.15) is 0 Å². The summed E-state index contributed by atoms with van der Waals surface area (Å²) < 4.78 is 0.377. The number of nitrogens with zero attached hydrogens (tertiary/aromatic N) is 1. The van der Waals surface area contributed by atoms with Gasteiger partial charge in [0.25, 0.3) is 5.91 Å². The minimum absolute atomic E-state index is 0.149. The number of rotatable bonds is 1. The first-order valence-corrected chi connectivity index (χ1v) is 6.21. The molecule has 1 aliphatic carbocycles. The Labute approximate surface area is 117 Å². The van der Waals surface area contributed by atoms with Crippen molar-refractivity contribution in [3.8, 4) is 0 Å². The van der Waals surface area contributed by atoms with Crippen LogP contribution in [-0.2, 0) is 4.79 Å². The van der Waals surface area contributed by atoms with Crippen molar-refractivity contribution in [3.63, 3.8) is 0 Å². The first kappa shape index (κ1) is 12.9. The molecular weight excluding hydrogens is 318 g/mol. The van der Waals surface area contributed by atoms with Gasteiger partial charge in [0.15, 0.2) is 5.78 Å². The van der Waals surface area contributed by atoms with E-state index in [0.29, 0.717) is 20.8 Å². The zero-order chi connectivity index (χ0) is 13.1. The van der Waals surface area contributed by atoms with Gasteiger partial charge in [0, 0.05) is 10.6 Å². The van der Waals surface area contributed by atoms with Crippen LogP contribution in [0.5, 0.6) is 0 Å². The van der Waals surface area contributed by atoms with Gasteiger partial charge in [-0.3, -0.25) is 9.59 Å². The summed E-state index contributed by atoms with van der Waals surface area (Å²) in [7, 11) is 0. The summed E-state index contributed by atoms with van der Waals surface area (Å²) in [5.41, 5.74) is 0.830. The Hall–Kier alpha value is -1.52. The Bertz CT molecular complexity index is 617. The number of hydrogen-bond donors (Lipinski definition) is 0. The van der Waals surface area contributed by atoms with Crippen LogP contribution in [0.1, 0.15) is 10.4 Å². The molecule has 1 aliphatic rings. The minimum Gasteiger partial charge on any atom is -0.289 e. The second-order valence-corrected chi connectivity index (χ2v) is 4.83. The molecule has 0 N–H and O–H groups in total. The lowest BCUT2D eigenvalue weighted by Crippen LogP contribution is -2.06. The standard InChI is InChI=1S/C13H7BrClNO2/c14-11-7-10(4-5-12(11)17)16-13(18)8-2-1-3-9(15)6-8/h1-7H. The molecule has 2 rings (SSSR count). The Balaban J connectivity index is 2.27. The monoisotopic (exact) mass is 323 g/mol. The number of halogens is 2. The minimum atomic E-state index is -0.400. The number of hydrogen-bond acceptors (Lipinski definition) is 2. The highest BCUT2D eigenvalue weighted by Crippen LogP contribution is 2.15. The van der Waals surface area contributed by atoms with Crippen LogP contribution in [0.4, 0.5) is 0 Å². The Morgan fingerprint density at radius 2 is 2.06 bits per heavy atom. The summed E-state index contributed by atoms with van der Waals surface area (Å²) in [6, 6.07) is 6.54. The van der Waals surface area contributed by atoms with Gasteiger partial charge in [-0.25, -0.2) is 4.99 Å². The number of carbonyl (C=O) groups excluding carboxylic acids is 2. The fourth-order valence-corrected chi connectivity index (χ4v) is 1.92. The van der Waals surface area contributed by atoms with E-state index in [2.05, 4.69) is 20.9 Å². The average Bonchev–Trinajstić information content (AvgIpc) is 2.34. The lowest BCUT2D eigenvalue weighted by molar-refractivity contribution is -0.110. The molecule has 0 atom stereocenters. The summed E-state index contributed by atoms with van der Waals surface area (Å²) in [5.74, 6) is -0.549. The van der Waals surface area contributed by atoms with Crippen LogP contribution in [0.25, 0.3) is 0 Å². The summed E-state index contributed by atoms with van der Waals surface area (Å²) >= 11 is 8.89. The summed E-state index contributed by atoms with van der Waals surface area (Å²) in [5, 5.41) is 0.479. The molecule has 1 amide bonds. The highest BCUT2D eigenvalue weighted by Gasteiger charge is 2.11. The zero-order valence-corrected chi connectivity index (χ0v) is 11.4. The van der Waals surface area contributed by atoms with E-state index in [-0.39, 0.29) is 5.78 Å². The Morgan fingerprint density at radius 3 is 2.72 bits per heavy atom. The number of amides is 1. The number of ketones is 1. The number of allylic oxidation sites excluding steroid dienone is 4. The molecule has 0 heterocycles. The third-order valence-corrected chi connectivity index (χ3v) is 3.07. The third-order valence-electron chi connectivity index (χ3n) is 2.22. The first-order valence-electron chi connectivity index (χ1n) is 5.04. The van der Waals surface area contributed by atoms with Crippen LogP contribution in [0.15, 0.2) is 52.0 Å². The zero-order valence-electron chi connectivity index (χ0n) is 9.06. The van der Waals surface area contributed by atoms with E-state index in [1.54, 1.807) is 24.3 Å². The van der Waals surface area contributed by atoms with Gasteiger partial charge < -0.3 is 0 Å². The van der Waals surface area contributed by atoms with Crippen LogP contribution in [0.2, 0.25) is 5.02 Å². The SMILES string of the molecule is O=C1C=CC(=NC(=O)c2cccc(Cl)c2)C=C1Br. The van der Waals surface area contributed by atoms with Gasteiger partial charge in [0.05, 0.1) is 10.2 Å². The molecule has 1 aromatic rings. The topological polar surface area (TPSA) is 46.5 Å². The molecular formula is C13H7BrClNO2. The molecule has 0 radical (unpaired) electrons. The van der Waals surface area contributed by atoms with E-state index in [9.17, 15) is 9.59 Å². The van der Waals surface area contributed by atoms with Gasteiger partial charge in [-0.1, -0.05) is 17.7 Å². The molecule has 3 nitrogen and oxygen atoms in total. The largest absolute Gasteiger partial charge is 0.289 e. The van der Waals surface area contributed by atoms with Crippen molar-refractivity contribution >= 4 is 44.9 Å². The van der Waals surface area contributed by atoms with Gasteiger partial charge in [-0.05, 0) is 52.4 Å². The molecule has 1 aromatic carbocycles. The number of aliphatic imine (C=N–C) groups is 1. The van der Waals surface area contributed by atoms with Crippen molar-refractivity contribution in [3.05, 3.63) is 57.6 Å². The quantitative estimate of drug-likeness (QED) is 0.744. The maximum atomic E-state index is 11.8. The third kappa shape index (κ3) is 3.03. The highest BCUT2D eigenvalue weighted by atomic mass is 79.9. The van der Waals surface area contributed by atoms with E-state index in [0.717, 1.165) is 0 Å². The molecule has 0 fully saturated rings. The highest BCUT2D eigenvalue weighted by molar-refractivity contribution is 9.12.